The Morgan fingerprint density at radius 3 is 2.16 bits per heavy atom. The average molecular weight is 533 g/mol. The molecule has 200 valence electrons. The first-order valence-corrected chi connectivity index (χ1v) is 12.6. The molecule has 1 saturated heterocycles. The van der Waals surface area contributed by atoms with Crippen molar-refractivity contribution in [3.63, 3.8) is 0 Å². The van der Waals surface area contributed by atoms with Gasteiger partial charge in [0.25, 0.3) is 0 Å². The van der Waals surface area contributed by atoms with Gasteiger partial charge in [0.2, 0.25) is 0 Å². The predicted octanol–water partition coefficient (Wildman–Crippen LogP) is 4.83. The van der Waals surface area contributed by atoms with E-state index in [1.165, 1.54) is 20.8 Å². The number of benzene rings is 2. The first kappa shape index (κ1) is 28.5. The first-order chi connectivity index (χ1) is 17.6. The van der Waals surface area contributed by atoms with Crippen molar-refractivity contribution in [3.8, 4) is 5.75 Å². The number of ether oxygens (including phenoxy) is 5. The molecule has 8 nitrogen and oxygen atoms in total. The van der Waals surface area contributed by atoms with E-state index >= 15 is 0 Å². The highest BCUT2D eigenvalue weighted by atomic mass is 35.5. The van der Waals surface area contributed by atoms with Crippen LogP contribution in [0.2, 0.25) is 5.02 Å². The SMILES string of the molecule is CCOc1ccc(Cc2cc([C@@H]3O[C@H](COC(C)=O)[C@@H](C)[C@H](OC(C)=O)[C@H]3OC(C)=O)ccc2Cl)cc1. The molecule has 0 aromatic heterocycles. The molecule has 5 atom stereocenters. The standard InChI is InChI=1S/C28H33ClO8/c1-6-33-23-10-7-20(8-11-23)13-22-14-21(9-12-24(22)29)27-28(36-19(5)32)26(35-18(4)31)16(2)25(37-27)15-34-17(3)30/h7-12,14,16,25-28H,6,13,15H2,1-5H3/t16-,25-,26+,27+,28-/m1/s1. The smallest absolute Gasteiger partial charge is 0.303 e. The van der Waals surface area contributed by atoms with Crippen LogP contribution in [0, 0.1) is 5.92 Å². The lowest BCUT2D eigenvalue weighted by Gasteiger charge is -2.44. The van der Waals surface area contributed by atoms with Crippen LogP contribution < -0.4 is 4.74 Å². The maximum Gasteiger partial charge on any atom is 0.303 e. The summed E-state index contributed by atoms with van der Waals surface area (Å²) in [6, 6.07) is 13.2. The molecule has 0 N–H and O–H groups in total. The van der Waals surface area contributed by atoms with Gasteiger partial charge in [0.05, 0.1) is 12.7 Å². The summed E-state index contributed by atoms with van der Waals surface area (Å²) in [4.78, 5) is 35.5. The van der Waals surface area contributed by atoms with Crippen molar-refractivity contribution in [2.45, 2.75) is 65.5 Å². The zero-order valence-corrected chi connectivity index (χ0v) is 22.4. The van der Waals surface area contributed by atoms with Crippen LogP contribution in [0.3, 0.4) is 0 Å². The summed E-state index contributed by atoms with van der Waals surface area (Å²) in [7, 11) is 0. The van der Waals surface area contributed by atoms with Gasteiger partial charge in [-0.3, -0.25) is 14.4 Å². The summed E-state index contributed by atoms with van der Waals surface area (Å²) < 4.78 is 28.3. The summed E-state index contributed by atoms with van der Waals surface area (Å²) in [5.41, 5.74) is 2.56. The highest BCUT2D eigenvalue weighted by molar-refractivity contribution is 6.31. The number of hydrogen-bond acceptors (Lipinski definition) is 8. The Bertz CT molecular complexity index is 1100. The molecule has 3 rings (SSSR count). The highest BCUT2D eigenvalue weighted by Crippen LogP contribution is 2.40. The Hall–Kier alpha value is -3.10. The van der Waals surface area contributed by atoms with Crippen LogP contribution in [0.1, 0.15) is 57.4 Å². The van der Waals surface area contributed by atoms with Crippen molar-refractivity contribution >= 4 is 29.5 Å². The fraction of sp³-hybridized carbons (Fsp3) is 0.464. The Kier molecular flexibility index (Phi) is 9.94. The minimum Gasteiger partial charge on any atom is -0.494 e. The van der Waals surface area contributed by atoms with E-state index in [1.807, 2.05) is 37.3 Å². The lowest BCUT2D eigenvalue weighted by molar-refractivity contribution is -0.232. The van der Waals surface area contributed by atoms with E-state index in [0.717, 1.165) is 16.9 Å². The third-order valence-electron chi connectivity index (χ3n) is 6.13. The second-order valence-electron chi connectivity index (χ2n) is 9.01. The normalized spacial score (nSPS) is 23.1. The van der Waals surface area contributed by atoms with Crippen LogP contribution in [0.5, 0.6) is 5.75 Å². The third-order valence-corrected chi connectivity index (χ3v) is 6.50. The number of rotatable bonds is 9. The molecule has 1 aliphatic heterocycles. The van der Waals surface area contributed by atoms with Crippen molar-refractivity contribution in [2.75, 3.05) is 13.2 Å². The van der Waals surface area contributed by atoms with Gasteiger partial charge in [0.15, 0.2) is 6.10 Å². The second kappa shape index (κ2) is 12.9. The number of esters is 3. The van der Waals surface area contributed by atoms with Gasteiger partial charge in [-0.15, -0.1) is 0 Å². The number of halogens is 1. The zero-order valence-electron chi connectivity index (χ0n) is 21.7. The Morgan fingerprint density at radius 1 is 0.919 bits per heavy atom. The van der Waals surface area contributed by atoms with Crippen LogP contribution in [-0.2, 0) is 39.8 Å². The summed E-state index contributed by atoms with van der Waals surface area (Å²) in [6.45, 7) is 8.17. The van der Waals surface area contributed by atoms with Crippen LogP contribution in [-0.4, -0.2) is 49.4 Å². The van der Waals surface area contributed by atoms with Gasteiger partial charge in [0.1, 0.15) is 24.6 Å². The molecule has 0 radical (unpaired) electrons. The minimum atomic E-state index is -0.913. The fourth-order valence-electron chi connectivity index (χ4n) is 4.42. The highest BCUT2D eigenvalue weighted by Gasteiger charge is 2.48. The van der Waals surface area contributed by atoms with Crippen LogP contribution in [0.4, 0.5) is 0 Å². The molecule has 0 amide bonds. The molecule has 37 heavy (non-hydrogen) atoms. The average Bonchev–Trinajstić information content (AvgIpc) is 2.83. The summed E-state index contributed by atoms with van der Waals surface area (Å²) in [5.74, 6) is -1.14. The van der Waals surface area contributed by atoms with E-state index < -0.39 is 48.2 Å². The van der Waals surface area contributed by atoms with Crippen molar-refractivity contribution in [1.29, 1.82) is 0 Å². The molecule has 0 bridgehead atoms. The monoisotopic (exact) mass is 532 g/mol. The molecule has 0 saturated carbocycles. The molecule has 1 fully saturated rings. The van der Waals surface area contributed by atoms with Crippen molar-refractivity contribution in [2.24, 2.45) is 5.92 Å². The van der Waals surface area contributed by atoms with Crippen LogP contribution >= 0.6 is 11.6 Å². The van der Waals surface area contributed by atoms with Gasteiger partial charge in [-0.05, 0) is 48.2 Å². The van der Waals surface area contributed by atoms with Gasteiger partial charge in [0, 0.05) is 31.7 Å². The molecule has 0 aliphatic carbocycles. The fourth-order valence-corrected chi connectivity index (χ4v) is 4.60. The molecule has 1 aliphatic rings. The van der Waals surface area contributed by atoms with Gasteiger partial charge in [-0.1, -0.05) is 42.8 Å². The second-order valence-corrected chi connectivity index (χ2v) is 9.42. The molecule has 1 heterocycles. The van der Waals surface area contributed by atoms with Crippen LogP contribution in [0.15, 0.2) is 42.5 Å². The van der Waals surface area contributed by atoms with Crippen molar-refractivity contribution < 1.29 is 38.1 Å². The van der Waals surface area contributed by atoms with E-state index in [0.29, 0.717) is 23.6 Å². The number of carbonyl (C=O) groups excluding carboxylic acids is 3. The quantitative estimate of drug-likeness (QED) is 0.334. The Balaban J connectivity index is 1.96. The van der Waals surface area contributed by atoms with E-state index in [2.05, 4.69) is 0 Å². The molecule has 2 aromatic rings. The van der Waals surface area contributed by atoms with Gasteiger partial charge >= 0.3 is 17.9 Å². The first-order valence-electron chi connectivity index (χ1n) is 12.2. The van der Waals surface area contributed by atoms with Gasteiger partial charge in [-0.25, -0.2) is 0 Å². The van der Waals surface area contributed by atoms with Crippen molar-refractivity contribution in [1.82, 2.24) is 0 Å². The summed E-state index contributed by atoms with van der Waals surface area (Å²) >= 11 is 6.54. The zero-order chi connectivity index (χ0) is 27.1. The van der Waals surface area contributed by atoms with Gasteiger partial charge < -0.3 is 23.7 Å². The predicted molar refractivity (Wildman–Crippen MR) is 136 cm³/mol. The van der Waals surface area contributed by atoms with E-state index in [9.17, 15) is 14.4 Å². The summed E-state index contributed by atoms with van der Waals surface area (Å²) in [6.07, 6.45) is -2.57. The van der Waals surface area contributed by atoms with E-state index in [4.69, 9.17) is 35.3 Å². The maximum atomic E-state index is 12.0. The van der Waals surface area contributed by atoms with Crippen molar-refractivity contribution in [3.05, 3.63) is 64.2 Å². The molecule has 0 unspecified atom stereocenters. The number of hydrogen-bond donors (Lipinski definition) is 0. The lowest BCUT2D eigenvalue weighted by atomic mass is 9.85. The van der Waals surface area contributed by atoms with Gasteiger partial charge in [-0.2, -0.15) is 0 Å². The Labute approximate surface area is 222 Å². The lowest BCUT2D eigenvalue weighted by Crippen LogP contribution is -2.54. The van der Waals surface area contributed by atoms with Crippen LogP contribution in [0.25, 0.3) is 0 Å². The maximum absolute atomic E-state index is 12.0. The molecule has 2 aromatic carbocycles. The molecule has 0 spiro atoms. The Morgan fingerprint density at radius 2 is 1.57 bits per heavy atom. The number of carbonyl (C=O) groups is 3. The molecular weight excluding hydrogens is 500 g/mol. The topological polar surface area (TPSA) is 97.4 Å². The minimum absolute atomic E-state index is 0.0375. The summed E-state index contributed by atoms with van der Waals surface area (Å²) in [5, 5.41) is 0.568. The third kappa shape index (κ3) is 7.69. The molecular formula is C28H33ClO8. The van der Waals surface area contributed by atoms with E-state index in [-0.39, 0.29) is 6.61 Å². The molecule has 9 heteroatoms. The van der Waals surface area contributed by atoms with E-state index in [1.54, 1.807) is 19.1 Å². The largest absolute Gasteiger partial charge is 0.494 e.